The third kappa shape index (κ3) is 16.0. The van der Waals surface area contributed by atoms with Gasteiger partial charge >= 0.3 is 12.0 Å². The van der Waals surface area contributed by atoms with Crippen LogP contribution >= 0.6 is 0 Å². The molecule has 0 aliphatic carbocycles. The number of nitrogens with two attached hydrogens (primary N) is 1. The average Bonchev–Trinajstić information content (AvgIpc) is 3.67. The van der Waals surface area contributed by atoms with Crippen LogP contribution in [-0.2, 0) is 54.5 Å². The van der Waals surface area contributed by atoms with Gasteiger partial charge in [-0.3, -0.25) is 53.0 Å². The molecule has 0 spiro atoms. The molecule has 66 heavy (non-hydrogen) atoms. The number of benzene rings is 1. The number of Topliss-reactive ketones (excluding diaryl/α,β-unsaturated/α-hetero) is 1. The summed E-state index contributed by atoms with van der Waals surface area (Å²) in [5, 5.41) is 8.04. The van der Waals surface area contributed by atoms with E-state index in [1.54, 1.807) is 58.9 Å². The number of ether oxygens (including phenoxy) is 1. The monoisotopic (exact) mass is 924 g/mol. The number of hydrogen-bond acceptors (Lipinski definition) is 11. The third-order valence-electron chi connectivity index (χ3n) is 12.1. The summed E-state index contributed by atoms with van der Waals surface area (Å²) in [7, 11) is 0. The summed E-state index contributed by atoms with van der Waals surface area (Å²) >= 11 is 0. The zero-order chi connectivity index (χ0) is 49.9. The van der Waals surface area contributed by atoms with Crippen LogP contribution in [0.15, 0.2) is 24.3 Å². The van der Waals surface area contributed by atoms with Crippen LogP contribution < -0.4 is 21.7 Å². The zero-order valence-corrected chi connectivity index (χ0v) is 40.8. The number of esters is 1. The van der Waals surface area contributed by atoms with Gasteiger partial charge in [-0.2, -0.15) is 0 Å². The van der Waals surface area contributed by atoms with Gasteiger partial charge in [-0.15, -0.1) is 0 Å². The number of carbonyl (C=O) groups is 10. The van der Waals surface area contributed by atoms with Crippen molar-refractivity contribution in [3.8, 4) is 0 Å². The molecule has 0 aromatic heterocycles. The second-order valence-electron chi connectivity index (χ2n) is 21.0. The SMILES string of the molecule is CC(C)[C@H](NC(=O)CCC(=O)N(CCN1C(=O)CC(C(C)(C)C)C1=O)CCN1C(=O)CC(C(C)(C)C)C1=O)C(=O)C[C@@H](CCCNC(N)=O)C(=O)Nc1ccc(COC(=O)C(C)(C)C)cc1. The van der Waals surface area contributed by atoms with Crippen LogP contribution in [0.5, 0.6) is 0 Å². The molecule has 2 fully saturated rings. The lowest BCUT2D eigenvalue weighted by molar-refractivity contribution is -0.154. The topological polar surface area (TPSA) is 252 Å². The number of urea groups is 1. The van der Waals surface area contributed by atoms with E-state index >= 15 is 0 Å². The Morgan fingerprint density at radius 1 is 0.788 bits per heavy atom. The first-order valence-corrected chi connectivity index (χ1v) is 22.9. The number of nitrogens with zero attached hydrogens (tertiary/aromatic N) is 3. The fourth-order valence-electron chi connectivity index (χ4n) is 7.78. The molecule has 5 N–H and O–H groups in total. The first-order valence-electron chi connectivity index (χ1n) is 22.9. The molecule has 0 radical (unpaired) electrons. The lowest BCUT2D eigenvalue weighted by atomic mass is 9.80. The standard InChI is InChI=1S/C48H73N7O11/c1-29(2)40(35(56)25-31(13-12-20-50-45(49)65)41(61)51-32-16-14-30(15-17-32)28-66-44(64)48(9,10)11)52-36(57)18-19-37(58)53(21-23-54-38(59)26-33(42(54)62)46(3,4)5)22-24-55-39(60)27-34(43(55)63)47(6,7)8/h14-17,29,31,33-34,40H,12-13,18-28H2,1-11H3,(H,51,61)(H,52,57)(H3,49,50,65)/t31-,33?,34?,40+/m1/s1. The van der Waals surface area contributed by atoms with Crippen LogP contribution in [0.1, 0.15) is 127 Å². The minimum Gasteiger partial charge on any atom is -0.460 e. The van der Waals surface area contributed by atoms with E-state index in [1.807, 2.05) is 41.5 Å². The van der Waals surface area contributed by atoms with Crippen molar-refractivity contribution < 1.29 is 52.7 Å². The van der Waals surface area contributed by atoms with Gasteiger partial charge in [0.05, 0.1) is 23.3 Å². The molecule has 366 valence electrons. The number of imide groups is 2. The highest BCUT2D eigenvalue weighted by Crippen LogP contribution is 2.36. The predicted molar refractivity (Wildman–Crippen MR) is 245 cm³/mol. The first-order chi connectivity index (χ1) is 30.5. The molecule has 3 rings (SSSR count). The Morgan fingerprint density at radius 2 is 1.30 bits per heavy atom. The third-order valence-corrected chi connectivity index (χ3v) is 12.1. The molecule has 2 aliphatic rings. The molecule has 18 nitrogen and oxygen atoms in total. The van der Waals surface area contributed by atoms with Crippen LogP contribution in [0.4, 0.5) is 10.5 Å². The number of ketones is 1. The Labute approximate surface area is 389 Å². The van der Waals surface area contributed by atoms with Crippen LogP contribution in [0.2, 0.25) is 0 Å². The number of nitrogens with one attached hydrogen (secondary N) is 3. The summed E-state index contributed by atoms with van der Waals surface area (Å²) in [5.41, 5.74) is 4.76. The van der Waals surface area contributed by atoms with Crippen molar-refractivity contribution in [2.45, 2.75) is 134 Å². The highest BCUT2D eigenvalue weighted by Gasteiger charge is 2.46. The number of likely N-dealkylation sites (tertiary alicyclic amines) is 2. The number of amides is 9. The largest absolute Gasteiger partial charge is 0.460 e. The number of primary amides is 1. The normalized spacial score (nSPS) is 17.8. The zero-order valence-electron chi connectivity index (χ0n) is 40.8. The van der Waals surface area contributed by atoms with Gasteiger partial charge in [-0.1, -0.05) is 67.5 Å². The molecular formula is C48H73N7O11. The summed E-state index contributed by atoms with van der Waals surface area (Å²) < 4.78 is 5.37. The highest BCUT2D eigenvalue weighted by molar-refractivity contribution is 6.04. The lowest BCUT2D eigenvalue weighted by Gasteiger charge is -2.29. The van der Waals surface area contributed by atoms with Crippen molar-refractivity contribution in [3.63, 3.8) is 0 Å². The van der Waals surface area contributed by atoms with E-state index in [4.69, 9.17) is 10.5 Å². The Balaban J connectivity index is 1.71. The molecule has 9 amide bonds. The van der Waals surface area contributed by atoms with Crippen LogP contribution in [0.25, 0.3) is 0 Å². The molecule has 2 aliphatic heterocycles. The fourth-order valence-corrected chi connectivity index (χ4v) is 7.78. The van der Waals surface area contributed by atoms with E-state index in [1.165, 1.54) is 4.90 Å². The first kappa shape index (κ1) is 54.7. The van der Waals surface area contributed by atoms with Crippen molar-refractivity contribution >= 4 is 64.8 Å². The summed E-state index contributed by atoms with van der Waals surface area (Å²) in [4.78, 5) is 134. The Morgan fingerprint density at radius 3 is 1.74 bits per heavy atom. The predicted octanol–water partition coefficient (Wildman–Crippen LogP) is 4.33. The summed E-state index contributed by atoms with van der Waals surface area (Å²) in [5.74, 6) is -6.09. The van der Waals surface area contributed by atoms with Gasteiger partial charge in [0.25, 0.3) is 0 Å². The Hall–Kier alpha value is -5.68. The maximum atomic E-state index is 13.9. The average molecular weight is 924 g/mol. The minimum atomic E-state index is -1.02. The number of anilines is 1. The maximum Gasteiger partial charge on any atom is 0.312 e. The molecule has 2 heterocycles. The Kier molecular flexibility index (Phi) is 19.2. The minimum absolute atomic E-state index is 0.0437. The van der Waals surface area contributed by atoms with Crippen molar-refractivity contribution in [1.29, 1.82) is 0 Å². The van der Waals surface area contributed by atoms with Crippen LogP contribution in [-0.4, -0.2) is 113 Å². The Bertz CT molecular complexity index is 1920. The lowest BCUT2D eigenvalue weighted by Crippen LogP contribution is -2.47. The van der Waals surface area contributed by atoms with Gasteiger partial charge in [0, 0.05) is 76.4 Å². The smallest absolute Gasteiger partial charge is 0.312 e. The van der Waals surface area contributed by atoms with Gasteiger partial charge in [-0.25, -0.2) is 4.79 Å². The van der Waals surface area contributed by atoms with Crippen LogP contribution in [0.3, 0.4) is 0 Å². The number of carbonyl (C=O) groups excluding carboxylic acids is 10. The molecule has 2 saturated heterocycles. The highest BCUT2D eigenvalue weighted by atomic mass is 16.5. The number of hydrogen-bond donors (Lipinski definition) is 4. The van der Waals surface area contributed by atoms with E-state index in [2.05, 4.69) is 16.0 Å². The fraction of sp³-hybridized carbons (Fsp3) is 0.667. The van der Waals surface area contributed by atoms with Gasteiger partial charge in [0.15, 0.2) is 5.78 Å². The van der Waals surface area contributed by atoms with Crippen molar-refractivity contribution in [2.75, 3.05) is 38.0 Å². The molecular weight excluding hydrogens is 851 g/mol. The summed E-state index contributed by atoms with van der Waals surface area (Å²) in [6, 6.07) is 4.93. The van der Waals surface area contributed by atoms with Gasteiger partial charge in [0.1, 0.15) is 6.61 Å². The van der Waals surface area contributed by atoms with Crippen molar-refractivity contribution in [2.24, 2.45) is 45.7 Å². The van der Waals surface area contributed by atoms with Gasteiger partial charge in [0.2, 0.25) is 41.4 Å². The van der Waals surface area contributed by atoms with Crippen molar-refractivity contribution in [3.05, 3.63) is 29.8 Å². The van der Waals surface area contributed by atoms with Crippen LogP contribution in [0, 0.1) is 39.9 Å². The molecule has 1 aromatic carbocycles. The van der Waals surface area contributed by atoms with E-state index in [0.717, 1.165) is 9.80 Å². The maximum absolute atomic E-state index is 13.9. The van der Waals surface area contributed by atoms with Gasteiger partial charge in [-0.05, 0) is 68.1 Å². The molecule has 1 aromatic rings. The summed E-state index contributed by atoms with van der Waals surface area (Å²) in [6.45, 7) is 19.8. The second-order valence-corrected chi connectivity index (χ2v) is 21.0. The quantitative estimate of drug-likeness (QED) is 0.0724. The van der Waals surface area contributed by atoms with E-state index in [-0.39, 0.29) is 107 Å². The van der Waals surface area contributed by atoms with Gasteiger partial charge < -0.3 is 31.3 Å². The van der Waals surface area contributed by atoms with E-state index in [0.29, 0.717) is 17.7 Å². The molecule has 0 saturated carbocycles. The van der Waals surface area contributed by atoms with E-state index < -0.39 is 75.5 Å². The molecule has 4 atom stereocenters. The second kappa shape index (κ2) is 23.2. The molecule has 2 unspecified atom stereocenters. The number of rotatable bonds is 22. The molecule has 18 heteroatoms. The van der Waals surface area contributed by atoms with E-state index in [9.17, 15) is 47.9 Å². The van der Waals surface area contributed by atoms with Crippen molar-refractivity contribution in [1.82, 2.24) is 25.3 Å². The molecule has 0 bridgehead atoms. The summed E-state index contributed by atoms with van der Waals surface area (Å²) in [6.07, 6.45) is -0.310.